The predicted octanol–water partition coefficient (Wildman–Crippen LogP) is -0.840. The summed E-state index contributed by atoms with van der Waals surface area (Å²) in [6.45, 7) is 1.13. The Kier molecular flexibility index (Phi) is 3.89. The highest BCUT2D eigenvalue weighted by molar-refractivity contribution is 7.91. The second kappa shape index (κ2) is 5.26. The number of nitrogens with one attached hydrogen (secondary N) is 1. The van der Waals surface area contributed by atoms with Gasteiger partial charge in [-0.1, -0.05) is 0 Å². The number of carbonyl (C=O) groups excluding carboxylic acids is 2. The van der Waals surface area contributed by atoms with Gasteiger partial charge in [-0.15, -0.1) is 0 Å². The SMILES string of the molecule is O=C(CN1CCCC1=O)NCC1CCS(=O)(=O)C1. The van der Waals surface area contributed by atoms with Crippen molar-refractivity contribution >= 4 is 21.7 Å². The van der Waals surface area contributed by atoms with Gasteiger partial charge in [0.05, 0.1) is 18.1 Å². The van der Waals surface area contributed by atoms with Crippen LogP contribution >= 0.6 is 0 Å². The highest BCUT2D eigenvalue weighted by Crippen LogP contribution is 2.17. The summed E-state index contributed by atoms with van der Waals surface area (Å²) in [5.74, 6) is 0.227. The lowest BCUT2D eigenvalue weighted by Crippen LogP contribution is -2.39. The molecule has 0 aromatic carbocycles. The van der Waals surface area contributed by atoms with Crippen LogP contribution in [0.2, 0.25) is 0 Å². The number of hydrogen-bond donors (Lipinski definition) is 1. The third-order valence-corrected chi connectivity index (χ3v) is 5.26. The fourth-order valence-corrected chi connectivity index (χ4v) is 4.25. The molecule has 2 amide bonds. The van der Waals surface area contributed by atoms with Crippen molar-refractivity contribution < 1.29 is 18.0 Å². The van der Waals surface area contributed by atoms with Crippen molar-refractivity contribution in [2.75, 3.05) is 31.1 Å². The van der Waals surface area contributed by atoms with Gasteiger partial charge in [0, 0.05) is 19.5 Å². The maximum Gasteiger partial charge on any atom is 0.239 e. The van der Waals surface area contributed by atoms with E-state index in [9.17, 15) is 18.0 Å². The molecule has 0 aliphatic carbocycles. The van der Waals surface area contributed by atoms with Gasteiger partial charge in [0.25, 0.3) is 0 Å². The fraction of sp³-hybridized carbons (Fsp3) is 0.818. The van der Waals surface area contributed by atoms with E-state index in [-0.39, 0.29) is 35.8 Å². The molecule has 2 aliphatic rings. The van der Waals surface area contributed by atoms with Gasteiger partial charge in [-0.3, -0.25) is 9.59 Å². The Labute approximate surface area is 107 Å². The van der Waals surface area contributed by atoms with Gasteiger partial charge >= 0.3 is 0 Å². The average molecular weight is 274 g/mol. The maximum atomic E-state index is 11.6. The lowest BCUT2D eigenvalue weighted by molar-refractivity contribution is -0.133. The smallest absolute Gasteiger partial charge is 0.239 e. The molecule has 2 rings (SSSR count). The summed E-state index contributed by atoms with van der Waals surface area (Å²) in [4.78, 5) is 24.5. The van der Waals surface area contributed by atoms with Crippen LogP contribution in [0.3, 0.4) is 0 Å². The summed E-state index contributed by atoms with van der Waals surface area (Å²) in [5, 5.41) is 2.71. The molecule has 7 heteroatoms. The molecule has 18 heavy (non-hydrogen) atoms. The van der Waals surface area contributed by atoms with Gasteiger partial charge in [0.1, 0.15) is 0 Å². The molecule has 2 heterocycles. The second-order valence-electron chi connectivity index (χ2n) is 4.99. The lowest BCUT2D eigenvalue weighted by atomic mass is 10.1. The summed E-state index contributed by atoms with van der Waals surface area (Å²) in [6, 6.07) is 0. The van der Waals surface area contributed by atoms with Crippen molar-refractivity contribution in [1.29, 1.82) is 0 Å². The Balaban J connectivity index is 1.71. The van der Waals surface area contributed by atoms with Crippen LogP contribution in [0.1, 0.15) is 19.3 Å². The average Bonchev–Trinajstić information content (AvgIpc) is 2.83. The molecule has 1 N–H and O–H groups in total. The van der Waals surface area contributed by atoms with Gasteiger partial charge in [0.2, 0.25) is 11.8 Å². The third-order valence-electron chi connectivity index (χ3n) is 3.42. The lowest BCUT2D eigenvalue weighted by Gasteiger charge is -2.16. The summed E-state index contributed by atoms with van der Waals surface area (Å²) in [6.07, 6.45) is 1.95. The van der Waals surface area contributed by atoms with E-state index in [0.717, 1.165) is 6.42 Å². The van der Waals surface area contributed by atoms with E-state index in [1.807, 2.05) is 0 Å². The zero-order valence-corrected chi connectivity index (χ0v) is 11.0. The van der Waals surface area contributed by atoms with E-state index in [0.29, 0.717) is 25.9 Å². The monoisotopic (exact) mass is 274 g/mol. The fourth-order valence-electron chi connectivity index (χ4n) is 2.39. The topological polar surface area (TPSA) is 83.6 Å². The molecule has 2 fully saturated rings. The molecule has 2 aliphatic heterocycles. The first-order valence-electron chi connectivity index (χ1n) is 6.21. The molecule has 1 unspecified atom stereocenters. The molecule has 0 aromatic heterocycles. The predicted molar refractivity (Wildman–Crippen MR) is 65.6 cm³/mol. The van der Waals surface area contributed by atoms with Crippen LogP contribution in [0.15, 0.2) is 0 Å². The molecular weight excluding hydrogens is 256 g/mol. The number of amides is 2. The molecule has 1 atom stereocenters. The van der Waals surface area contributed by atoms with E-state index in [1.165, 1.54) is 0 Å². The third kappa shape index (κ3) is 3.44. The van der Waals surface area contributed by atoms with Crippen LogP contribution in [-0.2, 0) is 19.4 Å². The minimum Gasteiger partial charge on any atom is -0.354 e. The standard InChI is InChI=1S/C11H18N2O4S/c14-10(7-13-4-1-2-11(13)15)12-6-9-3-5-18(16,17)8-9/h9H,1-8H2,(H,12,14). The van der Waals surface area contributed by atoms with Crippen molar-refractivity contribution in [3.8, 4) is 0 Å². The second-order valence-corrected chi connectivity index (χ2v) is 7.22. The minimum atomic E-state index is -2.89. The molecule has 0 spiro atoms. The van der Waals surface area contributed by atoms with Gasteiger partial charge in [-0.2, -0.15) is 0 Å². The van der Waals surface area contributed by atoms with Crippen LogP contribution in [0, 0.1) is 5.92 Å². The summed E-state index contributed by atoms with van der Waals surface area (Å²) in [7, 11) is -2.89. The Morgan fingerprint density at radius 3 is 2.78 bits per heavy atom. The van der Waals surface area contributed by atoms with Crippen molar-refractivity contribution in [3.05, 3.63) is 0 Å². The first-order valence-corrected chi connectivity index (χ1v) is 8.03. The number of nitrogens with zero attached hydrogens (tertiary/aromatic N) is 1. The van der Waals surface area contributed by atoms with Crippen molar-refractivity contribution in [3.63, 3.8) is 0 Å². The normalized spacial score (nSPS) is 26.6. The van der Waals surface area contributed by atoms with Crippen LogP contribution in [0.5, 0.6) is 0 Å². The van der Waals surface area contributed by atoms with Crippen LogP contribution < -0.4 is 5.32 Å². The molecular formula is C11H18N2O4S. The quantitative estimate of drug-likeness (QED) is 0.724. The Hall–Kier alpha value is -1.11. The molecule has 2 saturated heterocycles. The van der Waals surface area contributed by atoms with Crippen molar-refractivity contribution in [2.24, 2.45) is 5.92 Å². The van der Waals surface area contributed by atoms with E-state index < -0.39 is 9.84 Å². The molecule has 0 radical (unpaired) electrons. The zero-order chi connectivity index (χ0) is 13.2. The van der Waals surface area contributed by atoms with Crippen LogP contribution in [0.25, 0.3) is 0 Å². The van der Waals surface area contributed by atoms with Gasteiger partial charge in [-0.25, -0.2) is 8.42 Å². The Bertz CT molecular complexity index is 446. The highest BCUT2D eigenvalue weighted by Gasteiger charge is 2.28. The Morgan fingerprint density at radius 1 is 1.44 bits per heavy atom. The zero-order valence-electron chi connectivity index (χ0n) is 10.2. The number of rotatable bonds is 4. The Morgan fingerprint density at radius 2 is 2.22 bits per heavy atom. The van der Waals surface area contributed by atoms with Gasteiger partial charge < -0.3 is 10.2 Å². The van der Waals surface area contributed by atoms with Crippen LogP contribution in [-0.4, -0.2) is 56.3 Å². The highest BCUT2D eigenvalue weighted by atomic mass is 32.2. The van der Waals surface area contributed by atoms with Crippen molar-refractivity contribution in [1.82, 2.24) is 10.2 Å². The number of hydrogen-bond acceptors (Lipinski definition) is 4. The molecule has 102 valence electrons. The molecule has 0 aromatic rings. The number of sulfone groups is 1. The summed E-state index contributed by atoms with van der Waals surface area (Å²) in [5.41, 5.74) is 0. The first-order chi connectivity index (χ1) is 8.46. The molecule has 6 nitrogen and oxygen atoms in total. The van der Waals surface area contributed by atoms with E-state index in [1.54, 1.807) is 4.90 Å². The number of likely N-dealkylation sites (tertiary alicyclic amines) is 1. The van der Waals surface area contributed by atoms with Gasteiger partial charge in [0.15, 0.2) is 9.84 Å². The number of carbonyl (C=O) groups is 2. The minimum absolute atomic E-state index is 0.0215. The summed E-state index contributed by atoms with van der Waals surface area (Å²) < 4.78 is 22.5. The van der Waals surface area contributed by atoms with E-state index in [4.69, 9.17) is 0 Å². The summed E-state index contributed by atoms with van der Waals surface area (Å²) >= 11 is 0. The first kappa shape index (κ1) is 13.3. The van der Waals surface area contributed by atoms with Crippen LogP contribution in [0.4, 0.5) is 0 Å². The maximum absolute atomic E-state index is 11.6. The molecule has 0 bridgehead atoms. The van der Waals surface area contributed by atoms with E-state index >= 15 is 0 Å². The molecule has 0 saturated carbocycles. The van der Waals surface area contributed by atoms with Gasteiger partial charge in [-0.05, 0) is 18.8 Å². The van der Waals surface area contributed by atoms with E-state index in [2.05, 4.69) is 5.32 Å². The van der Waals surface area contributed by atoms with Crippen molar-refractivity contribution in [2.45, 2.75) is 19.3 Å². The largest absolute Gasteiger partial charge is 0.354 e.